The van der Waals surface area contributed by atoms with Crippen LogP contribution in [0.5, 0.6) is 11.5 Å². The first-order valence-electron chi connectivity index (χ1n) is 7.56. The van der Waals surface area contributed by atoms with Gasteiger partial charge in [-0.15, -0.1) is 0 Å². The number of nitrogens with one attached hydrogen (secondary N) is 1. The molecule has 1 atom stereocenters. The first-order valence-corrected chi connectivity index (χ1v) is 7.56. The van der Waals surface area contributed by atoms with Crippen molar-refractivity contribution in [3.8, 4) is 11.5 Å². The van der Waals surface area contributed by atoms with E-state index < -0.39 is 11.5 Å². The zero-order chi connectivity index (χ0) is 17.4. The van der Waals surface area contributed by atoms with E-state index in [9.17, 15) is 14.7 Å². The monoisotopic (exact) mass is 330 g/mol. The number of anilines is 1. The average molecular weight is 330 g/mol. The summed E-state index contributed by atoms with van der Waals surface area (Å²) < 4.78 is 6.38. The Bertz CT molecular complexity index is 858. The molecule has 0 saturated heterocycles. The minimum Gasteiger partial charge on any atom is -0.507 e. The van der Waals surface area contributed by atoms with Crippen LogP contribution in [0.3, 0.4) is 0 Å². The van der Waals surface area contributed by atoms with Crippen LogP contribution in [0.15, 0.2) is 17.2 Å². The number of carbonyl (C=O) groups excluding carboxylic acids is 1. The van der Waals surface area contributed by atoms with Crippen molar-refractivity contribution < 1.29 is 14.6 Å². The predicted molar refractivity (Wildman–Crippen MR) is 86.6 cm³/mol. The number of methoxy groups -OCH3 is 1. The number of aromatic hydroxyl groups is 1. The van der Waals surface area contributed by atoms with Gasteiger partial charge in [-0.3, -0.25) is 14.9 Å². The van der Waals surface area contributed by atoms with E-state index in [-0.39, 0.29) is 23.2 Å². The molecule has 0 radical (unpaired) electrons. The zero-order valence-corrected chi connectivity index (χ0v) is 13.7. The molecule has 2 N–H and O–H groups in total. The van der Waals surface area contributed by atoms with Gasteiger partial charge in [-0.05, 0) is 18.8 Å². The molecule has 0 bridgehead atoms. The number of nitrogens with zero attached hydrogens (tertiary/aromatic N) is 3. The van der Waals surface area contributed by atoms with Gasteiger partial charge in [0.05, 0.1) is 19.5 Å². The molecule has 0 spiro atoms. The molecule has 1 aliphatic rings. The molecule has 2 heterocycles. The van der Waals surface area contributed by atoms with Crippen LogP contribution in [0.25, 0.3) is 0 Å². The van der Waals surface area contributed by atoms with Crippen LogP contribution in [0, 0.1) is 0 Å². The first kappa shape index (κ1) is 16.0. The van der Waals surface area contributed by atoms with E-state index in [0.29, 0.717) is 17.7 Å². The summed E-state index contributed by atoms with van der Waals surface area (Å²) in [6.07, 6.45) is 4.33. The van der Waals surface area contributed by atoms with Crippen LogP contribution in [-0.2, 0) is 13.5 Å². The van der Waals surface area contributed by atoms with Gasteiger partial charge in [0.15, 0.2) is 5.75 Å². The van der Waals surface area contributed by atoms with E-state index in [2.05, 4.69) is 15.3 Å². The van der Waals surface area contributed by atoms with E-state index in [1.54, 1.807) is 7.05 Å². The topological polar surface area (TPSA) is 106 Å². The lowest BCUT2D eigenvalue weighted by atomic mass is 10.0. The van der Waals surface area contributed by atoms with Gasteiger partial charge in [0, 0.05) is 18.3 Å². The molecule has 0 aliphatic heterocycles. The highest BCUT2D eigenvalue weighted by molar-refractivity contribution is 6.05. The SMILES string of the molecule is COc1cnc(NC(=O)c2c(O)c3c(n(C)c2=O)CCC3C)nc1. The molecule has 1 unspecified atom stereocenters. The second kappa shape index (κ2) is 5.95. The third-order valence-corrected chi connectivity index (χ3v) is 4.35. The largest absolute Gasteiger partial charge is 0.507 e. The summed E-state index contributed by atoms with van der Waals surface area (Å²) in [5.74, 6) is -0.422. The van der Waals surface area contributed by atoms with Crippen molar-refractivity contribution >= 4 is 11.9 Å². The third kappa shape index (κ3) is 2.49. The lowest BCUT2D eigenvalue weighted by molar-refractivity contribution is 0.102. The molecule has 126 valence electrons. The maximum Gasteiger partial charge on any atom is 0.267 e. The zero-order valence-electron chi connectivity index (χ0n) is 13.7. The van der Waals surface area contributed by atoms with Gasteiger partial charge in [0.2, 0.25) is 5.95 Å². The third-order valence-electron chi connectivity index (χ3n) is 4.35. The Morgan fingerprint density at radius 1 is 1.42 bits per heavy atom. The highest BCUT2D eigenvalue weighted by Crippen LogP contribution is 2.39. The Balaban J connectivity index is 1.99. The second-order valence-corrected chi connectivity index (χ2v) is 5.79. The number of amides is 1. The maximum atomic E-state index is 12.5. The van der Waals surface area contributed by atoms with E-state index in [1.807, 2.05) is 6.92 Å². The summed E-state index contributed by atoms with van der Waals surface area (Å²) >= 11 is 0. The van der Waals surface area contributed by atoms with Crippen LogP contribution < -0.4 is 15.6 Å². The van der Waals surface area contributed by atoms with Gasteiger partial charge in [-0.2, -0.15) is 0 Å². The fourth-order valence-corrected chi connectivity index (χ4v) is 3.02. The van der Waals surface area contributed by atoms with Crippen molar-refractivity contribution in [1.29, 1.82) is 0 Å². The summed E-state index contributed by atoms with van der Waals surface area (Å²) in [5.41, 5.74) is 0.621. The molecule has 24 heavy (non-hydrogen) atoms. The van der Waals surface area contributed by atoms with Crippen molar-refractivity contribution in [2.75, 3.05) is 12.4 Å². The van der Waals surface area contributed by atoms with Gasteiger partial charge in [0.1, 0.15) is 11.3 Å². The fraction of sp³-hybridized carbons (Fsp3) is 0.375. The van der Waals surface area contributed by atoms with Crippen LogP contribution in [0.2, 0.25) is 0 Å². The van der Waals surface area contributed by atoms with Crippen molar-refractivity contribution in [3.63, 3.8) is 0 Å². The Kier molecular flexibility index (Phi) is 3.96. The van der Waals surface area contributed by atoms with Crippen LogP contribution in [-0.4, -0.2) is 32.7 Å². The molecular weight excluding hydrogens is 312 g/mol. The van der Waals surface area contributed by atoms with Crippen LogP contribution in [0.1, 0.15) is 40.9 Å². The van der Waals surface area contributed by atoms with Crippen molar-refractivity contribution in [1.82, 2.24) is 14.5 Å². The van der Waals surface area contributed by atoms with Crippen LogP contribution in [0.4, 0.5) is 5.95 Å². The number of hydrogen-bond acceptors (Lipinski definition) is 6. The number of rotatable bonds is 3. The van der Waals surface area contributed by atoms with Crippen molar-refractivity contribution in [2.24, 2.45) is 7.05 Å². The second-order valence-electron chi connectivity index (χ2n) is 5.79. The predicted octanol–water partition coefficient (Wildman–Crippen LogP) is 1.19. The lowest BCUT2D eigenvalue weighted by Gasteiger charge is -2.14. The summed E-state index contributed by atoms with van der Waals surface area (Å²) in [5, 5.41) is 12.9. The fourth-order valence-electron chi connectivity index (χ4n) is 3.02. The van der Waals surface area contributed by atoms with Crippen molar-refractivity contribution in [3.05, 3.63) is 39.6 Å². The summed E-state index contributed by atoms with van der Waals surface area (Å²) in [6, 6.07) is 0. The molecule has 2 aromatic rings. The number of aromatic nitrogens is 3. The number of pyridine rings is 1. The number of carbonyl (C=O) groups is 1. The van der Waals surface area contributed by atoms with Crippen molar-refractivity contribution in [2.45, 2.75) is 25.7 Å². The van der Waals surface area contributed by atoms with Gasteiger partial charge >= 0.3 is 0 Å². The molecule has 8 nitrogen and oxygen atoms in total. The molecule has 2 aromatic heterocycles. The highest BCUT2D eigenvalue weighted by Gasteiger charge is 2.31. The molecule has 0 aromatic carbocycles. The van der Waals surface area contributed by atoms with Gasteiger partial charge < -0.3 is 14.4 Å². The summed E-state index contributed by atoms with van der Waals surface area (Å²) in [7, 11) is 3.09. The Labute approximate surface area is 138 Å². The molecule has 0 fully saturated rings. The van der Waals surface area contributed by atoms with E-state index >= 15 is 0 Å². The van der Waals surface area contributed by atoms with E-state index in [1.165, 1.54) is 24.1 Å². The Hall–Kier alpha value is -2.90. The summed E-state index contributed by atoms with van der Waals surface area (Å²) in [4.78, 5) is 32.8. The number of ether oxygens (including phenoxy) is 1. The van der Waals surface area contributed by atoms with Crippen LogP contribution >= 0.6 is 0 Å². The molecule has 8 heteroatoms. The van der Waals surface area contributed by atoms with Gasteiger partial charge in [0.25, 0.3) is 11.5 Å². The standard InChI is InChI=1S/C16H18N4O4/c1-8-4-5-10-11(8)13(21)12(15(23)20(10)2)14(22)19-16-17-6-9(24-3)7-18-16/h6-8,21H,4-5H2,1-3H3,(H,17,18,19,22). The Morgan fingerprint density at radius 2 is 2.08 bits per heavy atom. The lowest BCUT2D eigenvalue weighted by Crippen LogP contribution is -2.30. The van der Waals surface area contributed by atoms with E-state index in [4.69, 9.17) is 4.74 Å². The maximum absolute atomic E-state index is 12.5. The minimum atomic E-state index is -0.736. The average Bonchev–Trinajstić information content (AvgIpc) is 2.96. The molecule has 1 amide bonds. The van der Waals surface area contributed by atoms with Gasteiger partial charge in [-0.25, -0.2) is 9.97 Å². The first-order chi connectivity index (χ1) is 11.4. The molecule has 1 aliphatic carbocycles. The molecule has 0 saturated carbocycles. The molecule has 3 rings (SSSR count). The van der Waals surface area contributed by atoms with E-state index in [0.717, 1.165) is 12.1 Å². The minimum absolute atomic E-state index is 0.0239. The Morgan fingerprint density at radius 3 is 2.71 bits per heavy atom. The number of hydrogen-bond donors (Lipinski definition) is 2. The summed E-state index contributed by atoms with van der Waals surface area (Å²) in [6.45, 7) is 1.96. The highest BCUT2D eigenvalue weighted by atomic mass is 16.5. The van der Waals surface area contributed by atoms with Gasteiger partial charge in [-0.1, -0.05) is 6.92 Å². The smallest absolute Gasteiger partial charge is 0.267 e. The quantitative estimate of drug-likeness (QED) is 0.875. The molecular formula is C16H18N4O4. The number of fused-ring (bicyclic) bond motifs is 1. The normalized spacial score (nSPS) is 15.9.